The number of alkyl halides is 1. The van der Waals surface area contributed by atoms with E-state index in [4.69, 9.17) is 11.6 Å². The molecule has 0 aliphatic rings. The fourth-order valence-electron chi connectivity index (χ4n) is 1.20. The largest absolute Gasteiger partial charge is 0.206 e. The molecule has 0 unspecified atom stereocenters. The second-order valence-corrected chi connectivity index (χ2v) is 3.06. The van der Waals surface area contributed by atoms with Gasteiger partial charge in [0.25, 0.3) is 0 Å². The van der Waals surface area contributed by atoms with E-state index in [0.29, 0.717) is 12.3 Å². The molecule has 0 aliphatic carbocycles. The van der Waals surface area contributed by atoms with Crippen LogP contribution in [-0.4, -0.2) is 5.88 Å². The number of aryl methyl sites for hydroxylation is 2. The molecule has 0 radical (unpaired) electrons. The molecule has 0 atom stereocenters. The Balaban J connectivity index is 2.97. The van der Waals surface area contributed by atoms with Crippen molar-refractivity contribution in [1.29, 1.82) is 0 Å². The first-order chi connectivity index (χ1) is 5.79. The number of hydrogen-bond acceptors (Lipinski definition) is 0. The zero-order valence-corrected chi connectivity index (χ0v) is 7.87. The van der Waals surface area contributed by atoms with Crippen LogP contribution in [0.4, 0.5) is 4.39 Å². The van der Waals surface area contributed by atoms with Gasteiger partial charge in [-0.3, -0.25) is 0 Å². The summed E-state index contributed by atoms with van der Waals surface area (Å²) in [5.74, 6) is 0.394. The van der Waals surface area contributed by atoms with Crippen molar-refractivity contribution in [3.05, 3.63) is 35.1 Å². The van der Waals surface area contributed by atoms with Gasteiger partial charge < -0.3 is 0 Å². The summed E-state index contributed by atoms with van der Waals surface area (Å²) in [5.41, 5.74) is 1.50. The molecule has 0 bridgehead atoms. The van der Waals surface area contributed by atoms with Crippen LogP contribution in [0.15, 0.2) is 18.2 Å². The molecule has 0 heterocycles. The van der Waals surface area contributed by atoms with Gasteiger partial charge in [-0.2, -0.15) is 0 Å². The van der Waals surface area contributed by atoms with E-state index in [9.17, 15) is 4.39 Å². The molecule has 0 aromatic heterocycles. The maximum absolute atomic E-state index is 13.4. The van der Waals surface area contributed by atoms with E-state index >= 15 is 0 Å². The number of hydrogen-bond donors (Lipinski definition) is 0. The summed E-state index contributed by atoms with van der Waals surface area (Å²) < 4.78 is 13.4. The summed E-state index contributed by atoms with van der Waals surface area (Å²) in [6, 6.07) is 5.48. The topological polar surface area (TPSA) is 0 Å². The van der Waals surface area contributed by atoms with Crippen molar-refractivity contribution in [3.63, 3.8) is 0 Å². The summed E-state index contributed by atoms with van der Waals surface area (Å²) in [6.07, 6.45) is 1.35. The molecule has 0 nitrogen and oxygen atoms in total. The highest BCUT2D eigenvalue weighted by atomic mass is 35.5. The summed E-state index contributed by atoms with van der Waals surface area (Å²) >= 11 is 5.54. The summed E-state index contributed by atoms with van der Waals surface area (Å²) in [4.78, 5) is 0. The van der Waals surface area contributed by atoms with Crippen LogP contribution in [0.2, 0.25) is 0 Å². The van der Waals surface area contributed by atoms with Crippen LogP contribution in [-0.2, 0) is 12.8 Å². The Labute approximate surface area is 77.4 Å². The highest BCUT2D eigenvalue weighted by Crippen LogP contribution is 2.14. The Bertz CT molecular complexity index is 258. The molecular weight excluding hydrogens is 175 g/mol. The van der Waals surface area contributed by atoms with Gasteiger partial charge in [-0.15, -0.1) is 11.6 Å². The number of halogens is 2. The zero-order chi connectivity index (χ0) is 8.97. The third-order valence-corrected chi connectivity index (χ3v) is 2.09. The molecule has 0 aliphatic heterocycles. The normalized spacial score (nSPS) is 10.2. The summed E-state index contributed by atoms with van der Waals surface area (Å²) in [5, 5.41) is 0. The highest BCUT2D eigenvalue weighted by molar-refractivity contribution is 6.17. The van der Waals surface area contributed by atoms with Crippen LogP contribution < -0.4 is 0 Å². The van der Waals surface area contributed by atoms with Crippen molar-refractivity contribution in [2.45, 2.75) is 19.8 Å². The van der Waals surface area contributed by atoms with Gasteiger partial charge in [-0.05, 0) is 24.0 Å². The number of rotatable bonds is 3. The third-order valence-electron chi connectivity index (χ3n) is 1.90. The molecule has 1 rings (SSSR count). The molecule has 0 spiro atoms. The van der Waals surface area contributed by atoms with Gasteiger partial charge in [0.05, 0.1) is 0 Å². The van der Waals surface area contributed by atoms with E-state index in [2.05, 4.69) is 0 Å². The van der Waals surface area contributed by atoms with Gasteiger partial charge in [0, 0.05) is 5.88 Å². The lowest BCUT2D eigenvalue weighted by molar-refractivity contribution is 0.597. The van der Waals surface area contributed by atoms with Gasteiger partial charge in [0.2, 0.25) is 0 Å². The molecule has 66 valence electrons. The Hall–Kier alpha value is -0.560. The Morgan fingerprint density at radius 2 is 2.00 bits per heavy atom. The van der Waals surface area contributed by atoms with Gasteiger partial charge in [0.15, 0.2) is 0 Å². The first kappa shape index (κ1) is 9.53. The lowest BCUT2D eigenvalue weighted by Gasteiger charge is -2.04. The van der Waals surface area contributed by atoms with Crippen molar-refractivity contribution >= 4 is 11.6 Å². The minimum atomic E-state index is -0.0827. The fraction of sp³-hybridized carbons (Fsp3) is 0.400. The third kappa shape index (κ3) is 1.98. The average molecular weight is 187 g/mol. The molecule has 1 aromatic carbocycles. The van der Waals surface area contributed by atoms with E-state index in [-0.39, 0.29) is 5.82 Å². The van der Waals surface area contributed by atoms with E-state index < -0.39 is 0 Å². The molecule has 12 heavy (non-hydrogen) atoms. The lowest BCUT2D eigenvalue weighted by Crippen LogP contribution is -1.96. The molecule has 0 fully saturated rings. The van der Waals surface area contributed by atoms with E-state index in [0.717, 1.165) is 17.5 Å². The van der Waals surface area contributed by atoms with Crippen LogP contribution >= 0.6 is 11.6 Å². The van der Waals surface area contributed by atoms with Gasteiger partial charge in [-0.25, -0.2) is 4.39 Å². The predicted molar refractivity (Wildman–Crippen MR) is 50.2 cm³/mol. The van der Waals surface area contributed by atoms with Crippen molar-refractivity contribution in [2.24, 2.45) is 0 Å². The first-order valence-corrected chi connectivity index (χ1v) is 4.65. The smallest absolute Gasteiger partial charge is 0.129 e. The lowest BCUT2D eigenvalue weighted by atomic mass is 10.1. The van der Waals surface area contributed by atoms with Crippen LogP contribution in [0.3, 0.4) is 0 Å². The predicted octanol–water partition coefficient (Wildman–Crippen LogP) is 3.17. The fourth-order valence-corrected chi connectivity index (χ4v) is 1.40. The number of benzene rings is 1. The highest BCUT2D eigenvalue weighted by Gasteiger charge is 2.04. The second-order valence-electron chi connectivity index (χ2n) is 2.68. The van der Waals surface area contributed by atoms with Gasteiger partial charge in [-0.1, -0.05) is 25.1 Å². The maximum Gasteiger partial charge on any atom is 0.129 e. The van der Waals surface area contributed by atoms with Gasteiger partial charge in [0.1, 0.15) is 5.82 Å². The van der Waals surface area contributed by atoms with Crippen molar-refractivity contribution < 1.29 is 4.39 Å². The van der Waals surface area contributed by atoms with Crippen LogP contribution in [0.5, 0.6) is 0 Å². The molecule has 0 saturated carbocycles. The SMILES string of the molecule is CCc1cccc(CCCl)c1F. The van der Waals surface area contributed by atoms with E-state index in [1.807, 2.05) is 19.1 Å². The van der Waals surface area contributed by atoms with Crippen LogP contribution in [0.25, 0.3) is 0 Å². The molecule has 0 N–H and O–H groups in total. The summed E-state index contributed by atoms with van der Waals surface area (Å²) in [6.45, 7) is 1.95. The summed E-state index contributed by atoms with van der Waals surface area (Å²) in [7, 11) is 0. The quantitative estimate of drug-likeness (QED) is 0.637. The monoisotopic (exact) mass is 186 g/mol. The van der Waals surface area contributed by atoms with E-state index in [1.165, 1.54) is 0 Å². The van der Waals surface area contributed by atoms with Crippen molar-refractivity contribution in [2.75, 3.05) is 5.88 Å². The molecule has 0 amide bonds. The second kappa shape index (κ2) is 4.46. The molecule has 1 aromatic rings. The molecule has 2 heteroatoms. The van der Waals surface area contributed by atoms with Crippen molar-refractivity contribution in [1.82, 2.24) is 0 Å². The molecular formula is C10H12ClF. The molecule has 0 saturated heterocycles. The Kier molecular flexibility index (Phi) is 3.54. The minimum absolute atomic E-state index is 0.0827. The standard InChI is InChI=1S/C10H12ClF/c1-2-8-4-3-5-9(6-7-11)10(8)12/h3-5H,2,6-7H2,1H3. The van der Waals surface area contributed by atoms with Crippen molar-refractivity contribution in [3.8, 4) is 0 Å². The van der Waals surface area contributed by atoms with Crippen LogP contribution in [0.1, 0.15) is 18.1 Å². The maximum atomic E-state index is 13.4. The minimum Gasteiger partial charge on any atom is -0.206 e. The van der Waals surface area contributed by atoms with E-state index in [1.54, 1.807) is 6.07 Å². The zero-order valence-electron chi connectivity index (χ0n) is 7.11. The Morgan fingerprint density at radius 3 is 2.58 bits per heavy atom. The van der Waals surface area contributed by atoms with Crippen LogP contribution in [0, 0.1) is 5.82 Å². The first-order valence-electron chi connectivity index (χ1n) is 4.11. The van der Waals surface area contributed by atoms with Gasteiger partial charge >= 0.3 is 0 Å². The average Bonchev–Trinajstić information content (AvgIpc) is 2.09. The Morgan fingerprint density at radius 1 is 1.33 bits per heavy atom.